The van der Waals surface area contributed by atoms with Gasteiger partial charge in [-0.25, -0.2) is 13.8 Å². The molecule has 1 N–H and O–H groups in total. The molecule has 1 aliphatic heterocycles. The van der Waals surface area contributed by atoms with Gasteiger partial charge in [0.05, 0.1) is 12.8 Å². The first kappa shape index (κ1) is 22.8. The number of fused-ring (bicyclic) bond motifs is 1. The summed E-state index contributed by atoms with van der Waals surface area (Å²) in [7, 11) is -2.73. The van der Waals surface area contributed by atoms with Gasteiger partial charge < -0.3 is 13.9 Å². The second-order valence-corrected chi connectivity index (χ2v) is 7.87. The van der Waals surface area contributed by atoms with Gasteiger partial charge in [0.15, 0.2) is 0 Å². The molecular formula is C19H17KN2O7S. The van der Waals surface area contributed by atoms with Crippen LogP contribution in [0.1, 0.15) is 5.56 Å². The maximum atomic E-state index is 12.4. The normalized spacial score (nSPS) is 14.8. The summed E-state index contributed by atoms with van der Waals surface area (Å²) in [6.07, 6.45) is 0. The zero-order chi connectivity index (χ0) is 20.6. The third-order valence-corrected chi connectivity index (χ3v) is 5.72. The van der Waals surface area contributed by atoms with Crippen LogP contribution in [0.4, 0.5) is 5.69 Å². The molecule has 2 heterocycles. The molecular weight excluding hydrogens is 439 g/mol. The summed E-state index contributed by atoms with van der Waals surface area (Å²) < 4.78 is 43.6. The summed E-state index contributed by atoms with van der Waals surface area (Å²) in [6.45, 7) is -0.238. The summed E-state index contributed by atoms with van der Waals surface area (Å²) in [5, 5.41) is 0.415. The van der Waals surface area contributed by atoms with E-state index < -0.39 is 21.7 Å². The number of rotatable bonds is 5. The fourth-order valence-electron chi connectivity index (χ4n) is 2.97. The monoisotopic (exact) mass is 456 g/mol. The molecule has 2 aromatic carbocycles. The molecule has 11 heteroatoms. The first-order valence-electron chi connectivity index (χ1n) is 8.53. The molecule has 1 aromatic heterocycles. The average Bonchev–Trinajstić information content (AvgIpc) is 2.97. The molecule has 1 fully saturated rings. The van der Waals surface area contributed by atoms with Gasteiger partial charge in [0.2, 0.25) is 5.75 Å². The van der Waals surface area contributed by atoms with Crippen molar-refractivity contribution in [2.45, 2.75) is 6.61 Å². The Morgan fingerprint density at radius 2 is 1.83 bits per heavy atom. The van der Waals surface area contributed by atoms with E-state index in [0.29, 0.717) is 5.39 Å². The van der Waals surface area contributed by atoms with Crippen molar-refractivity contribution in [2.75, 3.05) is 18.0 Å². The van der Waals surface area contributed by atoms with Crippen molar-refractivity contribution in [1.82, 2.24) is 4.72 Å². The summed E-state index contributed by atoms with van der Waals surface area (Å²) in [5.74, 6) is -0.536. The van der Waals surface area contributed by atoms with Crippen LogP contribution in [-0.2, 0) is 21.6 Å². The number of nitrogens with zero attached hydrogens (tertiary/aromatic N) is 1. The molecule has 0 saturated carbocycles. The van der Waals surface area contributed by atoms with Crippen LogP contribution < -0.4 is 24.1 Å². The van der Waals surface area contributed by atoms with Crippen molar-refractivity contribution < 1.29 is 27.1 Å². The number of benzene rings is 2. The summed E-state index contributed by atoms with van der Waals surface area (Å²) in [4.78, 5) is 23.6. The maximum absolute atomic E-state index is 12.4. The van der Waals surface area contributed by atoms with Gasteiger partial charge in [-0.1, -0.05) is 30.3 Å². The van der Waals surface area contributed by atoms with E-state index in [1.165, 1.54) is 25.3 Å². The van der Waals surface area contributed by atoms with Gasteiger partial charge in [-0.15, -0.1) is 0 Å². The summed E-state index contributed by atoms with van der Waals surface area (Å²) in [6, 6.07) is 13.6. The zero-order valence-electron chi connectivity index (χ0n) is 15.2. The number of carbonyl (C=O) groups excluding carboxylic acids is 1. The van der Waals surface area contributed by atoms with Crippen molar-refractivity contribution in [3.05, 3.63) is 64.5 Å². The number of carbonyl (C=O) groups is 1. The van der Waals surface area contributed by atoms with Gasteiger partial charge in [-0.3, -0.25) is 4.79 Å². The van der Waals surface area contributed by atoms with E-state index in [0.717, 1.165) is 9.87 Å². The molecule has 30 heavy (non-hydrogen) atoms. The Morgan fingerprint density at radius 3 is 2.47 bits per heavy atom. The molecule has 0 radical (unpaired) electrons. The predicted octanol–water partition coefficient (Wildman–Crippen LogP) is 0.913. The number of hydrogen-bond donors (Lipinski definition) is 1. The van der Waals surface area contributed by atoms with E-state index in [2.05, 4.69) is 0 Å². The molecule has 1 amide bonds. The molecule has 1 aliphatic rings. The van der Waals surface area contributed by atoms with Crippen molar-refractivity contribution in [1.29, 1.82) is 0 Å². The molecule has 1 saturated heterocycles. The number of anilines is 1. The Balaban J connectivity index is 0.00000256. The van der Waals surface area contributed by atoms with E-state index >= 15 is 0 Å². The van der Waals surface area contributed by atoms with Gasteiger partial charge in [0, 0.05) is 11.5 Å². The Kier molecular flexibility index (Phi) is 6.90. The first-order chi connectivity index (χ1) is 13.9. The van der Waals surface area contributed by atoms with Crippen LogP contribution in [0.15, 0.2) is 57.7 Å². The number of amides is 1. The van der Waals surface area contributed by atoms with Crippen LogP contribution >= 0.6 is 0 Å². The fourth-order valence-corrected chi connectivity index (χ4v) is 4.12. The molecule has 0 atom stereocenters. The standard InChI is InChI=1S/C19H16N2O7S.K.H/c1-26-17-8-13-7-14(21-10-18(22)20-29(21,24)25)16(9-15(13)28-19(17)23)27-11-12-5-3-2-4-6-12;;/h2-9H,10-11H2,1H3,(H,20,22);;. The van der Waals surface area contributed by atoms with E-state index in [4.69, 9.17) is 13.9 Å². The number of hydrogen-bond acceptors (Lipinski definition) is 7. The Labute approximate surface area is 214 Å². The zero-order valence-corrected chi connectivity index (χ0v) is 16.1. The third kappa shape index (κ3) is 4.55. The third-order valence-electron chi connectivity index (χ3n) is 4.33. The molecule has 4 rings (SSSR count). The Bertz CT molecular complexity index is 1260. The molecule has 152 valence electrons. The van der Waals surface area contributed by atoms with Crippen LogP contribution in [0.25, 0.3) is 11.0 Å². The van der Waals surface area contributed by atoms with Gasteiger partial charge in [0.1, 0.15) is 24.5 Å². The number of methoxy groups -OCH3 is 1. The van der Waals surface area contributed by atoms with Crippen molar-refractivity contribution >= 4 is 84.2 Å². The predicted molar refractivity (Wildman–Crippen MR) is 111 cm³/mol. The molecule has 0 spiro atoms. The summed E-state index contributed by atoms with van der Waals surface area (Å²) in [5.41, 5.74) is 0.516. The Hall–Kier alpha value is -1.89. The van der Waals surface area contributed by atoms with Crippen LogP contribution in [0.3, 0.4) is 0 Å². The second kappa shape index (κ2) is 9.08. The topological polar surface area (TPSA) is 115 Å². The van der Waals surface area contributed by atoms with Crippen LogP contribution in [0.2, 0.25) is 0 Å². The van der Waals surface area contributed by atoms with Crippen molar-refractivity contribution in [2.24, 2.45) is 0 Å². The number of nitrogens with one attached hydrogen (secondary N) is 1. The van der Waals surface area contributed by atoms with Gasteiger partial charge in [-0.05, 0) is 17.7 Å². The molecule has 3 aromatic rings. The van der Waals surface area contributed by atoms with Crippen LogP contribution in [0, 0.1) is 0 Å². The summed E-state index contributed by atoms with van der Waals surface area (Å²) >= 11 is 0. The number of ether oxygens (including phenoxy) is 2. The fraction of sp³-hybridized carbons (Fsp3) is 0.158. The Morgan fingerprint density at radius 1 is 1.10 bits per heavy atom. The van der Waals surface area contributed by atoms with E-state index in [1.54, 1.807) is 0 Å². The SMILES string of the molecule is COc1cc2cc(N3CC(=O)NS3(=O)=O)c(OCc3ccccc3)cc2oc1=O.[KH]. The quantitative estimate of drug-likeness (QED) is 0.448. The van der Waals surface area contributed by atoms with E-state index in [-0.39, 0.29) is 87.3 Å². The van der Waals surface area contributed by atoms with Crippen LogP contribution in [-0.4, -0.2) is 79.4 Å². The van der Waals surface area contributed by atoms with Crippen LogP contribution in [0.5, 0.6) is 11.5 Å². The minimum atomic E-state index is -4.06. The average molecular weight is 457 g/mol. The van der Waals surface area contributed by atoms with E-state index in [9.17, 15) is 18.0 Å². The first-order valence-corrected chi connectivity index (χ1v) is 9.97. The van der Waals surface area contributed by atoms with Gasteiger partial charge in [0.25, 0.3) is 5.91 Å². The van der Waals surface area contributed by atoms with Gasteiger partial charge >= 0.3 is 67.2 Å². The van der Waals surface area contributed by atoms with Crippen molar-refractivity contribution in [3.8, 4) is 11.5 Å². The second-order valence-electron chi connectivity index (χ2n) is 6.27. The molecule has 0 bridgehead atoms. The van der Waals surface area contributed by atoms with Crippen molar-refractivity contribution in [3.63, 3.8) is 0 Å². The minimum absolute atomic E-state index is 0. The molecule has 0 unspecified atom stereocenters. The molecule has 9 nitrogen and oxygen atoms in total. The van der Waals surface area contributed by atoms with E-state index in [1.807, 2.05) is 35.1 Å². The molecule has 0 aliphatic carbocycles. The van der Waals surface area contributed by atoms with Gasteiger partial charge in [-0.2, -0.15) is 8.42 Å².